The second-order valence-electron chi connectivity index (χ2n) is 6.54. The highest BCUT2D eigenvalue weighted by Gasteiger charge is 2.49. The molecule has 2 aromatic carbocycles. The number of nitrogens with zero attached hydrogens (tertiary/aromatic N) is 2. The summed E-state index contributed by atoms with van der Waals surface area (Å²) in [4.78, 5) is 19.0. The van der Waals surface area contributed by atoms with Crippen molar-refractivity contribution in [2.45, 2.75) is 25.7 Å². The Balaban J connectivity index is 2.18. The van der Waals surface area contributed by atoms with Gasteiger partial charge in [0, 0.05) is 14.2 Å². The molecular weight excluding hydrogens is 368 g/mol. The van der Waals surface area contributed by atoms with Crippen LogP contribution in [0.15, 0.2) is 47.5 Å². The SMILES string of the molecule is COCc1cccc(C2(c3ccc(OC(F)F)c(C)c3)N=C(N)N(C)C2=O)c1. The van der Waals surface area contributed by atoms with E-state index in [4.69, 9.17) is 10.5 Å². The Bertz CT molecular complexity index is 933. The average molecular weight is 389 g/mol. The van der Waals surface area contributed by atoms with Crippen molar-refractivity contribution in [3.05, 3.63) is 64.7 Å². The van der Waals surface area contributed by atoms with Crippen LogP contribution in [0.5, 0.6) is 5.75 Å². The normalized spacial score (nSPS) is 19.3. The zero-order valence-electron chi connectivity index (χ0n) is 15.8. The van der Waals surface area contributed by atoms with E-state index in [9.17, 15) is 13.6 Å². The number of nitrogens with two attached hydrogens (primary N) is 1. The highest BCUT2D eigenvalue weighted by atomic mass is 19.3. The number of rotatable bonds is 6. The minimum Gasteiger partial charge on any atom is -0.435 e. The minimum absolute atomic E-state index is 0.0396. The number of aliphatic imine (C=N–C) groups is 1. The van der Waals surface area contributed by atoms with E-state index in [0.717, 1.165) is 5.56 Å². The van der Waals surface area contributed by atoms with E-state index in [2.05, 4.69) is 9.73 Å². The molecule has 0 saturated carbocycles. The average Bonchev–Trinajstić information content (AvgIpc) is 2.88. The first-order valence-electron chi connectivity index (χ1n) is 8.57. The first-order chi connectivity index (χ1) is 13.3. The van der Waals surface area contributed by atoms with Crippen LogP contribution in [0.25, 0.3) is 0 Å². The second kappa shape index (κ2) is 7.55. The molecule has 0 aliphatic carbocycles. The van der Waals surface area contributed by atoms with Crippen LogP contribution in [0.1, 0.15) is 22.3 Å². The van der Waals surface area contributed by atoms with Crippen LogP contribution in [0.4, 0.5) is 8.78 Å². The lowest BCUT2D eigenvalue weighted by molar-refractivity contribution is -0.129. The van der Waals surface area contributed by atoms with Gasteiger partial charge in [-0.1, -0.05) is 30.3 Å². The lowest BCUT2D eigenvalue weighted by Crippen LogP contribution is -2.41. The maximum atomic E-state index is 13.2. The molecule has 1 amide bonds. The van der Waals surface area contributed by atoms with E-state index in [1.807, 2.05) is 18.2 Å². The van der Waals surface area contributed by atoms with Crippen LogP contribution in [0, 0.1) is 6.92 Å². The molecule has 1 atom stereocenters. The van der Waals surface area contributed by atoms with Crippen LogP contribution < -0.4 is 10.5 Å². The molecular formula is C20H21F2N3O3. The minimum atomic E-state index is -2.93. The van der Waals surface area contributed by atoms with Crippen LogP contribution in [-0.4, -0.2) is 37.5 Å². The number of halogens is 2. The number of alkyl halides is 2. The van der Waals surface area contributed by atoms with Gasteiger partial charge >= 0.3 is 6.61 Å². The Morgan fingerprint density at radius 1 is 1.21 bits per heavy atom. The molecule has 1 heterocycles. The van der Waals surface area contributed by atoms with Gasteiger partial charge in [0.25, 0.3) is 5.91 Å². The molecule has 8 heteroatoms. The smallest absolute Gasteiger partial charge is 0.387 e. The summed E-state index contributed by atoms with van der Waals surface area (Å²) in [5.74, 6) is -0.216. The molecule has 2 aromatic rings. The maximum Gasteiger partial charge on any atom is 0.387 e. The van der Waals surface area contributed by atoms with E-state index < -0.39 is 12.2 Å². The molecule has 1 aliphatic rings. The highest BCUT2D eigenvalue weighted by molar-refractivity contribution is 6.08. The van der Waals surface area contributed by atoms with E-state index in [1.54, 1.807) is 39.3 Å². The lowest BCUT2D eigenvalue weighted by atomic mass is 9.81. The van der Waals surface area contributed by atoms with Gasteiger partial charge in [0.1, 0.15) is 5.75 Å². The molecule has 148 valence electrons. The molecule has 1 aliphatic heterocycles. The van der Waals surface area contributed by atoms with Gasteiger partial charge in [-0.15, -0.1) is 0 Å². The molecule has 3 rings (SSSR count). The third-order valence-electron chi connectivity index (χ3n) is 4.70. The molecule has 0 spiro atoms. The maximum absolute atomic E-state index is 13.2. The third kappa shape index (κ3) is 3.31. The Kier molecular flexibility index (Phi) is 5.33. The Labute approximate surface area is 161 Å². The molecule has 0 bridgehead atoms. The number of aryl methyl sites for hydroxylation is 1. The van der Waals surface area contributed by atoms with Crippen LogP contribution in [0.2, 0.25) is 0 Å². The standard InChI is InChI=1S/C20H21F2N3O3/c1-12-9-15(7-8-16(12)28-18(21)22)20(17(26)25(2)19(23)24-20)14-6-4-5-13(10-14)11-27-3/h4-10,18H,11H2,1-3H3,(H2,23,24). The predicted octanol–water partition coefficient (Wildman–Crippen LogP) is 2.77. The molecule has 0 radical (unpaired) electrons. The molecule has 0 fully saturated rings. The van der Waals surface area contributed by atoms with Gasteiger partial charge in [0.05, 0.1) is 6.61 Å². The number of guanidine groups is 1. The number of carbonyl (C=O) groups is 1. The highest BCUT2D eigenvalue weighted by Crippen LogP contribution is 2.41. The number of carbonyl (C=O) groups excluding carboxylic acids is 1. The van der Waals surface area contributed by atoms with Crippen LogP contribution >= 0.6 is 0 Å². The van der Waals surface area contributed by atoms with Gasteiger partial charge in [-0.3, -0.25) is 9.69 Å². The van der Waals surface area contributed by atoms with Crippen molar-refractivity contribution in [3.63, 3.8) is 0 Å². The van der Waals surface area contributed by atoms with Crippen molar-refractivity contribution in [3.8, 4) is 5.75 Å². The Morgan fingerprint density at radius 2 is 1.93 bits per heavy atom. The first-order valence-corrected chi connectivity index (χ1v) is 8.57. The fourth-order valence-corrected chi connectivity index (χ4v) is 3.34. The number of benzene rings is 2. The molecule has 2 N–H and O–H groups in total. The Morgan fingerprint density at radius 3 is 2.50 bits per heavy atom. The first kappa shape index (κ1) is 19.8. The van der Waals surface area contributed by atoms with Crippen molar-refractivity contribution in [1.29, 1.82) is 0 Å². The molecule has 0 saturated heterocycles. The summed E-state index contributed by atoms with van der Waals surface area (Å²) in [7, 11) is 3.13. The second-order valence-corrected chi connectivity index (χ2v) is 6.54. The third-order valence-corrected chi connectivity index (χ3v) is 4.70. The summed E-state index contributed by atoms with van der Waals surface area (Å²) in [5.41, 5.74) is 7.00. The van der Waals surface area contributed by atoms with Crippen molar-refractivity contribution in [2.24, 2.45) is 10.7 Å². The molecule has 6 nitrogen and oxygen atoms in total. The zero-order chi connectivity index (χ0) is 20.5. The van der Waals surface area contributed by atoms with Gasteiger partial charge in [0.2, 0.25) is 0 Å². The molecule has 28 heavy (non-hydrogen) atoms. The summed E-state index contributed by atoms with van der Waals surface area (Å²) >= 11 is 0. The topological polar surface area (TPSA) is 77.2 Å². The Hall–Kier alpha value is -3.00. The van der Waals surface area contributed by atoms with Crippen molar-refractivity contribution < 1.29 is 23.0 Å². The summed E-state index contributed by atoms with van der Waals surface area (Å²) in [6.07, 6.45) is 0. The summed E-state index contributed by atoms with van der Waals surface area (Å²) in [6, 6.07) is 11.9. The monoisotopic (exact) mass is 389 g/mol. The largest absolute Gasteiger partial charge is 0.435 e. The number of likely N-dealkylation sites (N-methyl/N-ethyl adjacent to an activating group) is 1. The number of amides is 1. The fraction of sp³-hybridized carbons (Fsp3) is 0.300. The van der Waals surface area contributed by atoms with E-state index >= 15 is 0 Å². The van der Waals surface area contributed by atoms with Gasteiger partial charge < -0.3 is 15.2 Å². The lowest BCUT2D eigenvalue weighted by Gasteiger charge is -2.27. The van der Waals surface area contributed by atoms with E-state index in [1.165, 1.54) is 11.0 Å². The molecule has 0 aromatic heterocycles. The summed E-state index contributed by atoms with van der Waals surface area (Å²) in [6.45, 7) is -0.933. The zero-order valence-corrected chi connectivity index (χ0v) is 15.8. The van der Waals surface area contributed by atoms with E-state index in [0.29, 0.717) is 23.3 Å². The predicted molar refractivity (Wildman–Crippen MR) is 100 cm³/mol. The van der Waals surface area contributed by atoms with Crippen LogP contribution in [0.3, 0.4) is 0 Å². The number of hydrogen-bond acceptors (Lipinski definition) is 5. The van der Waals surface area contributed by atoms with Crippen molar-refractivity contribution in [2.75, 3.05) is 14.2 Å². The number of hydrogen-bond donors (Lipinski definition) is 1. The van der Waals surface area contributed by atoms with Gasteiger partial charge in [-0.2, -0.15) is 8.78 Å². The summed E-state index contributed by atoms with van der Waals surface area (Å²) in [5, 5.41) is 0. The van der Waals surface area contributed by atoms with E-state index in [-0.39, 0.29) is 17.6 Å². The van der Waals surface area contributed by atoms with Crippen molar-refractivity contribution >= 4 is 11.9 Å². The molecule has 1 unspecified atom stereocenters. The van der Waals surface area contributed by atoms with Gasteiger partial charge in [-0.25, -0.2) is 4.99 Å². The number of methoxy groups -OCH3 is 1. The fourth-order valence-electron chi connectivity index (χ4n) is 3.34. The van der Waals surface area contributed by atoms with Gasteiger partial charge in [-0.05, 0) is 41.3 Å². The van der Waals surface area contributed by atoms with Gasteiger partial charge in [0.15, 0.2) is 11.5 Å². The number of ether oxygens (including phenoxy) is 2. The summed E-state index contributed by atoms with van der Waals surface area (Å²) < 4.78 is 34.9. The van der Waals surface area contributed by atoms with Crippen molar-refractivity contribution in [1.82, 2.24) is 4.90 Å². The quantitative estimate of drug-likeness (QED) is 0.824. The van der Waals surface area contributed by atoms with Crippen LogP contribution in [-0.2, 0) is 21.7 Å².